The normalized spacial score (nSPS) is 10.3. The largest absolute Gasteiger partial charge is 0.323 e. The minimum absolute atomic E-state index is 0.122. The van der Waals surface area contributed by atoms with E-state index in [0.717, 1.165) is 23.4 Å². The number of nitrogens with zero attached hydrogens (tertiary/aromatic N) is 3. The molecule has 2 aromatic rings. The van der Waals surface area contributed by atoms with Crippen LogP contribution in [0.5, 0.6) is 0 Å². The highest BCUT2D eigenvalue weighted by molar-refractivity contribution is 5.89. The Morgan fingerprint density at radius 3 is 2.80 bits per heavy atom. The Bertz CT molecular complexity index is 591. The zero-order valence-electron chi connectivity index (χ0n) is 12.1. The van der Waals surface area contributed by atoms with Crippen LogP contribution in [0.4, 0.5) is 10.5 Å². The number of aromatic nitrogens is 2. The van der Waals surface area contributed by atoms with E-state index >= 15 is 0 Å². The molecule has 0 bridgehead atoms. The maximum Gasteiger partial charge on any atom is 0.321 e. The lowest BCUT2D eigenvalue weighted by Gasteiger charge is -2.18. The van der Waals surface area contributed by atoms with Gasteiger partial charge in [-0.15, -0.1) is 0 Å². The SMILES string of the molecule is CCn1cc(CN(C)C(=O)Nc2ccccc2C)cn1. The summed E-state index contributed by atoms with van der Waals surface area (Å²) in [5.74, 6) is 0. The van der Waals surface area contributed by atoms with E-state index in [1.807, 2.05) is 49.0 Å². The van der Waals surface area contributed by atoms with Crippen LogP contribution in [-0.2, 0) is 13.1 Å². The van der Waals surface area contributed by atoms with Crippen molar-refractivity contribution in [2.45, 2.75) is 26.9 Å². The summed E-state index contributed by atoms with van der Waals surface area (Å²) < 4.78 is 1.85. The van der Waals surface area contributed by atoms with Crippen LogP contribution in [0.2, 0.25) is 0 Å². The van der Waals surface area contributed by atoms with Gasteiger partial charge in [0.25, 0.3) is 0 Å². The maximum absolute atomic E-state index is 12.1. The summed E-state index contributed by atoms with van der Waals surface area (Å²) in [5, 5.41) is 7.11. The molecule has 0 aliphatic heterocycles. The summed E-state index contributed by atoms with van der Waals surface area (Å²) in [4.78, 5) is 13.8. The Kier molecular flexibility index (Phi) is 4.40. The molecule has 106 valence electrons. The van der Waals surface area contributed by atoms with Crippen molar-refractivity contribution < 1.29 is 4.79 Å². The first-order valence-electron chi connectivity index (χ1n) is 6.69. The molecule has 20 heavy (non-hydrogen) atoms. The number of para-hydroxylation sites is 1. The number of carbonyl (C=O) groups is 1. The molecule has 0 saturated heterocycles. The number of amides is 2. The Labute approximate surface area is 119 Å². The molecular formula is C15H20N4O. The molecule has 0 atom stereocenters. The van der Waals surface area contributed by atoms with Crippen LogP contribution in [0.15, 0.2) is 36.7 Å². The number of carbonyl (C=O) groups excluding carboxylic acids is 1. The third-order valence-electron chi connectivity index (χ3n) is 3.16. The number of nitrogens with one attached hydrogen (secondary N) is 1. The summed E-state index contributed by atoms with van der Waals surface area (Å²) in [7, 11) is 1.77. The molecule has 0 saturated carbocycles. The van der Waals surface area contributed by atoms with E-state index in [0.29, 0.717) is 6.54 Å². The van der Waals surface area contributed by atoms with Crippen molar-refractivity contribution >= 4 is 11.7 Å². The molecule has 1 heterocycles. The molecule has 2 rings (SSSR count). The smallest absolute Gasteiger partial charge is 0.321 e. The van der Waals surface area contributed by atoms with Gasteiger partial charge in [0.15, 0.2) is 0 Å². The highest BCUT2D eigenvalue weighted by Gasteiger charge is 2.11. The minimum Gasteiger partial charge on any atom is -0.323 e. The molecule has 0 spiro atoms. The summed E-state index contributed by atoms with van der Waals surface area (Å²) in [5.41, 5.74) is 2.91. The summed E-state index contributed by atoms with van der Waals surface area (Å²) in [6, 6.07) is 7.61. The molecule has 0 radical (unpaired) electrons. The average Bonchev–Trinajstić information content (AvgIpc) is 2.89. The van der Waals surface area contributed by atoms with Gasteiger partial charge in [0.05, 0.1) is 12.7 Å². The van der Waals surface area contributed by atoms with E-state index in [1.54, 1.807) is 18.1 Å². The van der Waals surface area contributed by atoms with E-state index in [4.69, 9.17) is 0 Å². The molecule has 0 unspecified atom stereocenters. The van der Waals surface area contributed by atoms with Crippen molar-refractivity contribution in [2.75, 3.05) is 12.4 Å². The van der Waals surface area contributed by atoms with Crippen molar-refractivity contribution in [3.8, 4) is 0 Å². The van der Waals surface area contributed by atoms with Crippen LogP contribution in [0, 0.1) is 6.92 Å². The molecular weight excluding hydrogens is 252 g/mol. The van der Waals surface area contributed by atoms with E-state index in [9.17, 15) is 4.79 Å². The first kappa shape index (κ1) is 14.1. The summed E-state index contributed by atoms with van der Waals surface area (Å²) in [6.45, 7) is 5.38. The highest BCUT2D eigenvalue weighted by atomic mass is 16.2. The first-order valence-corrected chi connectivity index (χ1v) is 6.69. The average molecular weight is 272 g/mol. The van der Waals surface area contributed by atoms with E-state index in [2.05, 4.69) is 10.4 Å². The van der Waals surface area contributed by atoms with Gasteiger partial charge in [0, 0.05) is 31.0 Å². The monoisotopic (exact) mass is 272 g/mol. The first-order chi connectivity index (χ1) is 9.60. The van der Waals surface area contributed by atoms with Gasteiger partial charge in [0.2, 0.25) is 0 Å². The zero-order chi connectivity index (χ0) is 14.5. The predicted octanol–water partition coefficient (Wildman–Crippen LogP) is 2.88. The van der Waals surface area contributed by atoms with Crippen LogP contribution in [0.3, 0.4) is 0 Å². The molecule has 5 nitrogen and oxygen atoms in total. The van der Waals surface area contributed by atoms with Crippen LogP contribution in [-0.4, -0.2) is 27.8 Å². The predicted molar refractivity (Wildman–Crippen MR) is 79.6 cm³/mol. The molecule has 0 aliphatic rings. The number of urea groups is 1. The zero-order valence-corrected chi connectivity index (χ0v) is 12.1. The minimum atomic E-state index is -0.122. The van der Waals surface area contributed by atoms with Gasteiger partial charge in [-0.1, -0.05) is 18.2 Å². The van der Waals surface area contributed by atoms with Crippen molar-refractivity contribution in [3.05, 3.63) is 47.8 Å². The lowest BCUT2D eigenvalue weighted by molar-refractivity contribution is 0.220. The van der Waals surface area contributed by atoms with Crippen molar-refractivity contribution in [1.82, 2.24) is 14.7 Å². The lowest BCUT2D eigenvalue weighted by atomic mass is 10.2. The van der Waals surface area contributed by atoms with Gasteiger partial charge in [-0.25, -0.2) is 4.79 Å². The molecule has 0 aliphatic carbocycles. The van der Waals surface area contributed by atoms with E-state index in [-0.39, 0.29) is 6.03 Å². The number of hydrogen-bond acceptors (Lipinski definition) is 2. The van der Waals surface area contributed by atoms with Crippen LogP contribution in [0.25, 0.3) is 0 Å². The number of rotatable bonds is 4. The van der Waals surface area contributed by atoms with Gasteiger partial charge >= 0.3 is 6.03 Å². The topological polar surface area (TPSA) is 50.2 Å². The molecule has 2 amide bonds. The second kappa shape index (κ2) is 6.23. The van der Waals surface area contributed by atoms with Gasteiger partial charge in [-0.3, -0.25) is 4.68 Å². The third kappa shape index (κ3) is 3.38. The molecule has 0 fully saturated rings. The van der Waals surface area contributed by atoms with Gasteiger partial charge in [0.1, 0.15) is 0 Å². The van der Waals surface area contributed by atoms with Crippen molar-refractivity contribution in [3.63, 3.8) is 0 Å². The lowest BCUT2D eigenvalue weighted by Crippen LogP contribution is -2.30. The second-order valence-corrected chi connectivity index (χ2v) is 4.81. The second-order valence-electron chi connectivity index (χ2n) is 4.81. The standard InChI is InChI=1S/C15H20N4O/c1-4-19-11-13(9-16-19)10-18(3)15(20)17-14-8-6-5-7-12(14)2/h5-9,11H,4,10H2,1-3H3,(H,17,20). The van der Waals surface area contributed by atoms with Gasteiger partial charge in [-0.2, -0.15) is 5.10 Å². The number of benzene rings is 1. The fraction of sp³-hybridized carbons (Fsp3) is 0.333. The van der Waals surface area contributed by atoms with Gasteiger partial charge < -0.3 is 10.2 Å². The van der Waals surface area contributed by atoms with Crippen LogP contribution < -0.4 is 5.32 Å². The molecule has 1 aromatic carbocycles. The Hall–Kier alpha value is -2.30. The number of aryl methyl sites for hydroxylation is 2. The van der Waals surface area contributed by atoms with Gasteiger partial charge in [-0.05, 0) is 25.5 Å². The fourth-order valence-electron chi connectivity index (χ4n) is 1.93. The van der Waals surface area contributed by atoms with Crippen molar-refractivity contribution in [2.24, 2.45) is 0 Å². The number of hydrogen-bond donors (Lipinski definition) is 1. The molecule has 1 N–H and O–H groups in total. The van der Waals surface area contributed by atoms with Crippen LogP contribution >= 0.6 is 0 Å². The molecule has 5 heteroatoms. The fourth-order valence-corrected chi connectivity index (χ4v) is 1.93. The Morgan fingerprint density at radius 2 is 2.15 bits per heavy atom. The Balaban J connectivity index is 1.97. The van der Waals surface area contributed by atoms with Crippen LogP contribution in [0.1, 0.15) is 18.1 Å². The maximum atomic E-state index is 12.1. The summed E-state index contributed by atoms with van der Waals surface area (Å²) >= 11 is 0. The number of anilines is 1. The molecule has 1 aromatic heterocycles. The quantitative estimate of drug-likeness (QED) is 0.930. The van der Waals surface area contributed by atoms with E-state index < -0.39 is 0 Å². The Morgan fingerprint density at radius 1 is 1.40 bits per heavy atom. The van der Waals surface area contributed by atoms with E-state index in [1.165, 1.54) is 0 Å². The summed E-state index contributed by atoms with van der Waals surface area (Å²) in [6.07, 6.45) is 3.75. The third-order valence-corrected chi connectivity index (χ3v) is 3.16. The highest BCUT2D eigenvalue weighted by Crippen LogP contribution is 2.14. The van der Waals surface area contributed by atoms with Crippen molar-refractivity contribution in [1.29, 1.82) is 0 Å².